The standard InChI is InChI=1S/C31H22O11/c1-11-7-14-20(16(33)8-11)28(38)31(40)27(37)13-5-6-30(31,26(14)36)10-12-9-18-23(24(34)19(12)13)25(35)22-17(42-18)4-3-15(32)21(22)29(39)41-2/h3-9,13,26,32-34,36,40H,10H2,1-2H3. The van der Waals surface area contributed by atoms with Crippen molar-refractivity contribution in [3.8, 4) is 17.2 Å². The molecule has 1 aromatic heterocycles. The third-order valence-electron chi connectivity index (χ3n) is 8.92. The number of hydrogen-bond acceptors (Lipinski definition) is 11. The van der Waals surface area contributed by atoms with Gasteiger partial charge in [0.05, 0.1) is 35.5 Å². The number of esters is 1. The molecule has 2 bridgehead atoms. The number of phenolic OH excluding ortho intramolecular Hbond substituents is 3. The maximum atomic E-state index is 14.1. The SMILES string of the molecule is COC(=O)c1c(O)ccc2oc3cc4c(c(O)c3c(=O)c12)C1C=CC2(C4)C(O)c3cc(C)cc(O)c3C(=O)C2(O)C1=O. The first-order valence-corrected chi connectivity index (χ1v) is 12.9. The van der Waals surface area contributed by atoms with Crippen LogP contribution in [-0.2, 0) is 16.0 Å². The van der Waals surface area contributed by atoms with Gasteiger partial charge >= 0.3 is 5.97 Å². The highest BCUT2D eigenvalue weighted by atomic mass is 16.5. The molecular weight excluding hydrogens is 548 g/mol. The summed E-state index contributed by atoms with van der Waals surface area (Å²) in [4.78, 5) is 54.2. The number of benzene rings is 3. The fourth-order valence-electron chi connectivity index (χ4n) is 7.02. The first kappa shape index (κ1) is 25.9. The molecule has 4 aliphatic rings. The molecular formula is C31H22O11. The van der Waals surface area contributed by atoms with E-state index in [-0.39, 0.29) is 45.2 Å². The normalized spacial score (nSPS) is 25.7. The predicted octanol–water partition coefficient (Wildman–Crippen LogP) is 2.58. The Morgan fingerprint density at radius 1 is 1.02 bits per heavy atom. The Hall–Kier alpha value is -5.00. The summed E-state index contributed by atoms with van der Waals surface area (Å²) in [6, 6.07) is 6.59. The van der Waals surface area contributed by atoms with Crippen LogP contribution in [0, 0.1) is 12.3 Å². The number of ether oxygens (including phenoxy) is 1. The number of aliphatic hydroxyl groups excluding tert-OH is 1. The molecule has 0 saturated carbocycles. The first-order chi connectivity index (χ1) is 19.9. The Bertz CT molecular complexity index is 2070. The molecule has 4 aromatic rings. The van der Waals surface area contributed by atoms with Gasteiger partial charge in [0.1, 0.15) is 39.4 Å². The topological polar surface area (TPSA) is 192 Å². The number of Topliss-reactive ketones (excluding diaryl/α,β-unsaturated/α-hetero) is 2. The van der Waals surface area contributed by atoms with Gasteiger partial charge in [-0.2, -0.15) is 0 Å². The van der Waals surface area contributed by atoms with Crippen molar-refractivity contribution in [2.24, 2.45) is 5.41 Å². The van der Waals surface area contributed by atoms with Crippen molar-refractivity contribution >= 4 is 39.5 Å². The number of phenols is 3. The van der Waals surface area contributed by atoms with Crippen LogP contribution in [0.15, 0.2) is 51.7 Å². The summed E-state index contributed by atoms with van der Waals surface area (Å²) in [6.45, 7) is 1.65. The van der Waals surface area contributed by atoms with Crippen LogP contribution in [0.3, 0.4) is 0 Å². The Morgan fingerprint density at radius 2 is 1.76 bits per heavy atom. The quantitative estimate of drug-likeness (QED) is 0.0978. The van der Waals surface area contributed by atoms with Crippen LogP contribution < -0.4 is 5.43 Å². The summed E-state index contributed by atoms with van der Waals surface area (Å²) >= 11 is 0. The van der Waals surface area contributed by atoms with Gasteiger partial charge < -0.3 is 34.7 Å². The second-order valence-corrected chi connectivity index (χ2v) is 11.0. The van der Waals surface area contributed by atoms with Crippen molar-refractivity contribution in [3.63, 3.8) is 0 Å². The van der Waals surface area contributed by atoms with Gasteiger partial charge in [-0.1, -0.05) is 18.2 Å². The number of carbonyl (C=O) groups excluding carboxylic acids is 3. The Kier molecular flexibility index (Phi) is 4.97. The third-order valence-corrected chi connectivity index (χ3v) is 8.92. The summed E-state index contributed by atoms with van der Waals surface area (Å²) in [7, 11) is 1.06. The van der Waals surface area contributed by atoms with Crippen LogP contribution >= 0.6 is 0 Å². The minimum Gasteiger partial charge on any atom is -0.507 e. The van der Waals surface area contributed by atoms with Crippen molar-refractivity contribution in [2.75, 3.05) is 7.11 Å². The summed E-state index contributed by atoms with van der Waals surface area (Å²) in [5, 5.41) is 55.4. The second-order valence-electron chi connectivity index (χ2n) is 11.0. The molecule has 5 N–H and O–H groups in total. The van der Waals surface area contributed by atoms with Crippen LogP contribution in [0.5, 0.6) is 17.2 Å². The Balaban J connectivity index is 1.55. The maximum Gasteiger partial charge on any atom is 0.342 e. The minimum absolute atomic E-state index is 0.0409. The van der Waals surface area contributed by atoms with Crippen molar-refractivity contribution in [2.45, 2.75) is 31.0 Å². The highest BCUT2D eigenvalue weighted by Crippen LogP contribution is 2.61. The molecule has 0 fully saturated rings. The average Bonchev–Trinajstić information content (AvgIpc) is 3.16. The molecule has 0 saturated heterocycles. The zero-order valence-electron chi connectivity index (χ0n) is 22.1. The Morgan fingerprint density at radius 3 is 2.48 bits per heavy atom. The molecule has 212 valence electrons. The molecule has 4 aliphatic carbocycles. The van der Waals surface area contributed by atoms with Crippen molar-refractivity contribution in [1.82, 2.24) is 0 Å². The highest BCUT2D eigenvalue weighted by Gasteiger charge is 2.70. The number of methoxy groups -OCH3 is 1. The van der Waals surface area contributed by atoms with Crippen molar-refractivity contribution < 1.29 is 49.1 Å². The lowest BCUT2D eigenvalue weighted by atomic mass is 9.53. The highest BCUT2D eigenvalue weighted by molar-refractivity contribution is 6.24. The van der Waals surface area contributed by atoms with E-state index in [1.807, 2.05) is 0 Å². The van der Waals surface area contributed by atoms with Crippen LogP contribution in [0.1, 0.15) is 55.0 Å². The average molecular weight is 571 g/mol. The summed E-state index contributed by atoms with van der Waals surface area (Å²) in [5.41, 5.74) is -6.00. The van der Waals surface area contributed by atoms with E-state index < -0.39 is 74.2 Å². The zero-order chi connectivity index (χ0) is 30.0. The maximum absolute atomic E-state index is 14.1. The molecule has 0 aliphatic heterocycles. The smallest absolute Gasteiger partial charge is 0.342 e. The van der Waals surface area contributed by atoms with E-state index in [2.05, 4.69) is 0 Å². The lowest BCUT2D eigenvalue weighted by Crippen LogP contribution is -2.66. The second kappa shape index (κ2) is 8.05. The fraction of sp³-hybridized carbons (Fsp3) is 0.226. The summed E-state index contributed by atoms with van der Waals surface area (Å²) < 4.78 is 10.6. The van der Waals surface area contributed by atoms with Crippen LogP contribution in [0.4, 0.5) is 0 Å². The number of aryl methyl sites for hydroxylation is 1. The number of fused-ring (bicyclic) bond motifs is 3. The molecule has 1 heterocycles. The van der Waals surface area contributed by atoms with Gasteiger partial charge in [-0.25, -0.2) is 4.79 Å². The number of ketones is 2. The van der Waals surface area contributed by atoms with E-state index in [0.29, 0.717) is 5.56 Å². The Labute approximate surface area is 235 Å². The number of aromatic hydroxyl groups is 3. The molecule has 8 rings (SSSR count). The van der Waals surface area contributed by atoms with Crippen LogP contribution in [0.2, 0.25) is 0 Å². The van der Waals surface area contributed by atoms with Crippen LogP contribution in [0.25, 0.3) is 21.9 Å². The largest absolute Gasteiger partial charge is 0.507 e. The van der Waals surface area contributed by atoms with Gasteiger partial charge in [-0.05, 0) is 54.3 Å². The molecule has 11 nitrogen and oxygen atoms in total. The summed E-state index contributed by atoms with van der Waals surface area (Å²) in [6.07, 6.45) is 0.792. The van der Waals surface area contributed by atoms with E-state index in [1.165, 1.54) is 36.4 Å². The zero-order valence-corrected chi connectivity index (χ0v) is 22.1. The molecule has 3 aromatic carbocycles. The van der Waals surface area contributed by atoms with Gasteiger partial charge in [0.25, 0.3) is 0 Å². The van der Waals surface area contributed by atoms with E-state index in [1.54, 1.807) is 6.92 Å². The lowest BCUT2D eigenvalue weighted by Gasteiger charge is -2.51. The minimum atomic E-state index is -2.82. The number of rotatable bonds is 1. The molecule has 4 unspecified atom stereocenters. The number of carbonyl (C=O) groups is 3. The van der Waals surface area contributed by atoms with E-state index >= 15 is 0 Å². The lowest BCUT2D eigenvalue weighted by molar-refractivity contribution is -0.154. The first-order valence-electron chi connectivity index (χ1n) is 12.9. The molecule has 0 amide bonds. The van der Waals surface area contributed by atoms with Gasteiger partial charge in [-0.15, -0.1) is 0 Å². The van der Waals surface area contributed by atoms with Gasteiger partial charge in [0.15, 0.2) is 11.4 Å². The molecule has 11 heteroatoms. The van der Waals surface area contributed by atoms with E-state index in [4.69, 9.17) is 9.15 Å². The van der Waals surface area contributed by atoms with E-state index in [9.17, 15) is 44.7 Å². The summed E-state index contributed by atoms with van der Waals surface area (Å²) in [5.74, 6) is -6.31. The molecule has 1 spiro atoms. The monoisotopic (exact) mass is 570 g/mol. The third kappa shape index (κ3) is 2.81. The molecule has 4 atom stereocenters. The van der Waals surface area contributed by atoms with E-state index in [0.717, 1.165) is 13.2 Å². The number of aliphatic hydroxyl groups is 2. The van der Waals surface area contributed by atoms with Gasteiger partial charge in [-0.3, -0.25) is 14.4 Å². The number of allylic oxidation sites excluding steroid dienone is 1. The van der Waals surface area contributed by atoms with Crippen molar-refractivity contribution in [1.29, 1.82) is 0 Å². The predicted molar refractivity (Wildman–Crippen MR) is 145 cm³/mol. The number of hydrogen-bond donors (Lipinski definition) is 5. The fourth-order valence-corrected chi connectivity index (χ4v) is 7.02. The van der Waals surface area contributed by atoms with Crippen LogP contribution in [-0.4, -0.2) is 55.8 Å². The van der Waals surface area contributed by atoms with Gasteiger partial charge in [0, 0.05) is 5.56 Å². The molecule has 42 heavy (non-hydrogen) atoms. The van der Waals surface area contributed by atoms with Crippen molar-refractivity contribution in [3.05, 3.63) is 86.1 Å². The van der Waals surface area contributed by atoms with Gasteiger partial charge in [0.2, 0.25) is 11.2 Å². The molecule has 0 radical (unpaired) electrons.